The summed E-state index contributed by atoms with van der Waals surface area (Å²) in [7, 11) is 0. The first kappa shape index (κ1) is 20.9. The van der Waals surface area contributed by atoms with Crippen molar-refractivity contribution in [3.05, 3.63) is 83.1 Å². The molecule has 4 aromatic rings. The van der Waals surface area contributed by atoms with E-state index in [0.29, 0.717) is 42.6 Å². The Kier molecular flexibility index (Phi) is 5.10. The van der Waals surface area contributed by atoms with Crippen LogP contribution in [0.1, 0.15) is 52.2 Å². The second kappa shape index (κ2) is 8.29. The molecule has 1 atom stereocenters. The molecule has 0 bridgehead atoms. The lowest BCUT2D eigenvalue weighted by Crippen LogP contribution is -2.42. The summed E-state index contributed by atoms with van der Waals surface area (Å²) in [6, 6.07) is 13.9. The van der Waals surface area contributed by atoms with Gasteiger partial charge in [-0.2, -0.15) is 9.78 Å². The molecule has 0 spiro atoms. The highest BCUT2D eigenvalue weighted by Crippen LogP contribution is 2.41. The summed E-state index contributed by atoms with van der Waals surface area (Å²) in [6.07, 6.45) is 3.58. The monoisotopic (exact) mass is 457 g/mol. The molecule has 6 rings (SSSR count). The Morgan fingerprint density at radius 2 is 1.97 bits per heavy atom. The number of hydrogen-bond donors (Lipinski definition) is 0. The fourth-order valence-corrected chi connectivity index (χ4v) is 4.59. The van der Waals surface area contributed by atoms with Crippen LogP contribution < -0.4 is 0 Å². The van der Waals surface area contributed by atoms with Gasteiger partial charge >= 0.3 is 0 Å². The normalized spacial score (nSPS) is 18.4. The van der Waals surface area contributed by atoms with Crippen LogP contribution in [-0.4, -0.2) is 50.3 Å². The number of pyridine rings is 2. The minimum absolute atomic E-state index is 0.0617. The predicted octanol–water partition coefficient (Wildman–Crippen LogP) is 4.35. The van der Waals surface area contributed by atoms with E-state index in [9.17, 15) is 9.18 Å². The van der Waals surface area contributed by atoms with E-state index in [1.807, 2.05) is 36.1 Å². The van der Waals surface area contributed by atoms with Crippen LogP contribution in [0.5, 0.6) is 0 Å². The van der Waals surface area contributed by atoms with Gasteiger partial charge in [-0.3, -0.25) is 4.79 Å². The van der Waals surface area contributed by atoms with Gasteiger partial charge in [0.2, 0.25) is 0 Å². The number of benzene rings is 1. The van der Waals surface area contributed by atoms with Gasteiger partial charge in [0.15, 0.2) is 11.5 Å². The zero-order valence-corrected chi connectivity index (χ0v) is 18.8. The Morgan fingerprint density at radius 3 is 2.71 bits per heavy atom. The quantitative estimate of drug-likeness (QED) is 0.456. The van der Waals surface area contributed by atoms with Crippen LogP contribution in [0.4, 0.5) is 4.39 Å². The van der Waals surface area contributed by atoms with E-state index in [1.165, 1.54) is 12.1 Å². The number of rotatable bonds is 4. The molecule has 1 amide bonds. The molecule has 1 saturated carbocycles. The Bertz CT molecular complexity index is 1370. The maximum Gasteiger partial charge on any atom is 0.254 e. The Morgan fingerprint density at radius 1 is 1.15 bits per heavy atom. The third-order valence-corrected chi connectivity index (χ3v) is 6.52. The minimum Gasteiger partial charge on any atom is -0.370 e. The number of carbonyl (C=O) groups excluding carboxylic acids is 1. The van der Waals surface area contributed by atoms with Crippen LogP contribution in [0, 0.1) is 12.7 Å². The zero-order chi connectivity index (χ0) is 23.2. The lowest BCUT2D eigenvalue weighted by molar-refractivity contribution is -0.0227. The predicted molar refractivity (Wildman–Crippen MR) is 124 cm³/mol. The highest BCUT2D eigenvalue weighted by atomic mass is 19.1. The molecule has 8 heteroatoms. The summed E-state index contributed by atoms with van der Waals surface area (Å²) in [5.41, 5.74) is 3.80. The first-order chi connectivity index (χ1) is 16.6. The largest absolute Gasteiger partial charge is 0.370 e. The molecule has 4 heterocycles. The lowest BCUT2D eigenvalue weighted by Gasteiger charge is -2.33. The van der Waals surface area contributed by atoms with E-state index < -0.39 is 0 Å². The van der Waals surface area contributed by atoms with Gasteiger partial charge in [-0.1, -0.05) is 18.2 Å². The van der Waals surface area contributed by atoms with Crippen LogP contribution in [0.3, 0.4) is 0 Å². The molecule has 3 aromatic heterocycles. The topological polar surface area (TPSA) is 73.1 Å². The molecule has 34 heavy (non-hydrogen) atoms. The van der Waals surface area contributed by atoms with Gasteiger partial charge in [0.25, 0.3) is 5.91 Å². The summed E-state index contributed by atoms with van der Waals surface area (Å²) < 4.78 is 21.0. The highest BCUT2D eigenvalue weighted by Gasteiger charge is 2.32. The third-order valence-electron chi connectivity index (χ3n) is 6.52. The van der Waals surface area contributed by atoms with Crippen LogP contribution >= 0.6 is 0 Å². The number of amides is 1. The number of carbonyl (C=O) groups is 1. The van der Waals surface area contributed by atoms with Crippen molar-refractivity contribution in [2.75, 3.05) is 19.7 Å². The van der Waals surface area contributed by atoms with E-state index in [2.05, 4.69) is 4.98 Å². The van der Waals surface area contributed by atoms with Crippen molar-refractivity contribution < 1.29 is 13.9 Å². The Labute approximate surface area is 196 Å². The van der Waals surface area contributed by atoms with Gasteiger partial charge in [0.1, 0.15) is 11.9 Å². The molecular formula is C26H24FN5O2. The zero-order valence-electron chi connectivity index (χ0n) is 18.8. The standard InChI is InChI=1S/C26H24FN5O2/c1-16-24-20(26(33)31-12-13-34-22(15-31)18-7-9-19(27)10-8-18)14-21(17-5-6-17)29-25(24)32(30-16)23-4-2-3-11-28-23/h2-4,7-11,14,17,22H,5-6,12-13,15H2,1H3. The fraction of sp³-hybridized carbons (Fsp3) is 0.308. The van der Waals surface area contributed by atoms with Gasteiger partial charge in [-0.25, -0.2) is 14.4 Å². The van der Waals surface area contributed by atoms with Crippen LogP contribution in [0.2, 0.25) is 0 Å². The number of fused-ring (bicyclic) bond motifs is 1. The summed E-state index contributed by atoms with van der Waals surface area (Å²) in [4.78, 5) is 25.0. The molecule has 7 nitrogen and oxygen atoms in total. The Hall–Kier alpha value is -3.65. The van der Waals surface area contributed by atoms with Gasteiger partial charge < -0.3 is 9.64 Å². The van der Waals surface area contributed by atoms with Crippen molar-refractivity contribution in [1.29, 1.82) is 0 Å². The Balaban J connectivity index is 1.40. The number of nitrogens with zero attached hydrogens (tertiary/aromatic N) is 5. The average molecular weight is 458 g/mol. The van der Waals surface area contributed by atoms with E-state index >= 15 is 0 Å². The average Bonchev–Trinajstić information content (AvgIpc) is 3.68. The van der Waals surface area contributed by atoms with Crippen molar-refractivity contribution in [3.8, 4) is 5.82 Å². The molecular weight excluding hydrogens is 433 g/mol. The molecule has 1 saturated heterocycles. The number of morpholine rings is 1. The van der Waals surface area contributed by atoms with Gasteiger partial charge in [0.05, 0.1) is 29.8 Å². The van der Waals surface area contributed by atoms with E-state index in [-0.39, 0.29) is 17.8 Å². The third kappa shape index (κ3) is 3.74. The number of ether oxygens (including phenoxy) is 1. The fourth-order valence-electron chi connectivity index (χ4n) is 4.59. The van der Waals surface area contributed by atoms with E-state index in [1.54, 1.807) is 23.0 Å². The number of aryl methyl sites for hydroxylation is 1. The van der Waals surface area contributed by atoms with Crippen molar-refractivity contribution >= 4 is 16.9 Å². The van der Waals surface area contributed by atoms with Gasteiger partial charge in [0, 0.05) is 24.4 Å². The second-order valence-electron chi connectivity index (χ2n) is 8.91. The van der Waals surface area contributed by atoms with Crippen molar-refractivity contribution in [2.24, 2.45) is 0 Å². The van der Waals surface area contributed by atoms with Crippen molar-refractivity contribution in [3.63, 3.8) is 0 Å². The number of aromatic nitrogens is 4. The van der Waals surface area contributed by atoms with Crippen LogP contribution in [0.15, 0.2) is 54.7 Å². The first-order valence-electron chi connectivity index (χ1n) is 11.6. The number of hydrogen-bond acceptors (Lipinski definition) is 5. The van der Waals surface area contributed by atoms with Gasteiger partial charge in [-0.05, 0) is 55.7 Å². The first-order valence-corrected chi connectivity index (χ1v) is 11.6. The molecule has 0 N–H and O–H groups in total. The number of halogens is 1. The summed E-state index contributed by atoms with van der Waals surface area (Å²) >= 11 is 0. The van der Waals surface area contributed by atoms with Crippen molar-refractivity contribution in [1.82, 2.24) is 24.6 Å². The maximum atomic E-state index is 13.9. The molecule has 2 fully saturated rings. The minimum atomic E-state index is -0.295. The smallest absolute Gasteiger partial charge is 0.254 e. The summed E-state index contributed by atoms with van der Waals surface area (Å²) in [5.74, 6) is 0.690. The molecule has 1 aliphatic carbocycles. The molecule has 2 aliphatic rings. The maximum absolute atomic E-state index is 13.9. The highest BCUT2D eigenvalue weighted by molar-refractivity contribution is 6.07. The molecule has 0 radical (unpaired) electrons. The van der Waals surface area contributed by atoms with Crippen LogP contribution in [-0.2, 0) is 4.74 Å². The summed E-state index contributed by atoms with van der Waals surface area (Å²) in [5, 5.41) is 5.46. The molecule has 1 aromatic carbocycles. The molecule has 1 aliphatic heterocycles. The molecule has 172 valence electrons. The van der Waals surface area contributed by atoms with Crippen molar-refractivity contribution in [2.45, 2.75) is 31.8 Å². The molecule has 1 unspecified atom stereocenters. The summed E-state index contributed by atoms with van der Waals surface area (Å²) in [6.45, 7) is 3.22. The van der Waals surface area contributed by atoms with Crippen LogP contribution in [0.25, 0.3) is 16.9 Å². The van der Waals surface area contributed by atoms with E-state index in [4.69, 9.17) is 14.8 Å². The van der Waals surface area contributed by atoms with Gasteiger partial charge in [-0.15, -0.1) is 0 Å². The SMILES string of the molecule is Cc1nn(-c2ccccn2)c2nc(C3CC3)cc(C(=O)N3CCOC(c4ccc(F)cc4)C3)c12. The van der Waals surface area contributed by atoms with E-state index in [0.717, 1.165) is 35.2 Å². The second-order valence-corrected chi connectivity index (χ2v) is 8.91. The lowest BCUT2D eigenvalue weighted by atomic mass is 10.0.